The van der Waals surface area contributed by atoms with Crippen molar-refractivity contribution in [3.05, 3.63) is 41.7 Å². The highest BCUT2D eigenvalue weighted by Crippen LogP contribution is 2.16. The second-order valence-corrected chi connectivity index (χ2v) is 3.84. The second kappa shape index (κ2) is 4.00. The van der Waals surface area contributed by atoms with Gasteiger partial charge in [-0.2, -0.15) is 0 Å². The summed E-state index contributed by atoms with van der Waals surface area (Å²) in [6, 6.07) is 3.35. The molecule has 0 aliphatic carbocycles. The Morgan fingerprint density at radius 3 is 2.56 bits per heavy atom. The molecule has 1 aromatic carbocycles. The van der Waals surface area contributed by atoms with Crippen molar-refractivity contribution in [2.75, 3.05) is 0 Å². The molecule has 1 heterocycles. The molecule has 2 rings (SSSR count). The lowest BCUT2D eigenvalue weighted by atomic mass is 10.2. The maximum absolute atomic E-state index is 13.4. The molecular formula is C11H11F2N3. The van der Waals surface area contributed by atoms with Gasteiger partial charge in [-0.05, 0) is 18.1 Å². The van der Waals surface area contributed by atoms with Gasteiger partial charge in [0.2, 0.25) is 0 Å². The molecule has 0 radical (unpaired) electrons. The van der Waals surface area contributed by atoms with Gasteiger partial charge in [0.1, 0.15) is 11.5 Å². The maximum Gasteiger partial charge on any atom is 0.151 e. The van der Waals surface area contributed by atoms with Crippen LogP contribution >= 0.6 is 0 Å². The Kier molecular flexibility index (Phi) is 2.68. The first-order chi connectivity index (χ1) is 7.58. The Bertz CT molecular complexity index is 506. The van der Waals surface area contributed by atoms with Gasteiger partial charge in [0.15, 0.2) is 5.82 Å². The van der Waals surface area contributed by atoms with E-state index in [1.165, 1.54) is 16.8 Å². The van der Waals surface area contributed by atoms with E-state index >= 15 is 0 Å². The van der Waals surface area contributed by atoms with E-state index in [-0.39, 0.29) is 11.6 Å². The van der Waals surface area contributed by atoms with Crippen LogP contribution in [0.2, 0.25) is 0 Å². The van der Waals surface area contributed by atoms with Crippen LogP contribution in [-0.4, -0.2) is 15.0 Å². The van der Waals surface area contributed by atoms with Gasteiger partial charge in [-0.1, -0.05) is 19.1 Å². The molecule has 5 heteroatoms. The van der Waals surface area contributed by atoms with Crippen LogP contribution in [0.25, 0.3) is 5.69 Å². The fourth-order valence-corrected chi connectivity index (χ4v) is 1.33. The normalized spacial score (nSPS) is 11.1. The summed E-state index contributed by atoms with van der Waals surface area (Å²) in [6.45, 7) is 3.94. The van der Waals surface area contributed by atoms with E-state index in [0.29, 0.717) is 0 Å². The van der Waals surface area contributed by atoms with Crippen molar-refractivity contribution in [3.8, 4) is 5.69 Å². The zero-order valence-electron chi connectivity index (χ0n) is 8.98. The van der Waals surface area contributed by atoms with Gasteiger partial charge in [-0.3, -0.25) is 0 Å². The molecular weight excluding hydrogens is 212 g/mol. The lowest BCUT2D eigenvalue weighted by molar-refractivity contribution is 0.572. The summed E-state index contributed by atoms with van der Waals surface area (Å²) in [5.41, 5.74) is 0.963. The number of hydrogen-bond donors (Lipinski definition) is 0. The van der Waals surface area contributed by atoms with Crippen LogP contribution in [0.1, 0.15) is 25.5 Å². The molecule has 0 saturated carbocycles. The Morgan fingerprint density at radius 2 is 2.00 bits per heavy atom. The van der Waals surface area contributed by atoms with Gasteiger partial charge >= 0.3 is 0 Å². The molecule has 0 spiro atoms. The van der Waals surface area contributed by atoms with Crippen molar-refractivity contribution in [2.24, 2.45) is 0 Å². The molecule has 0 unspecified atom stereocenters. The van der Waals surface area contributed by atoms with Crippen molar-refractivity contribution in [3.63, 3.8) is 0 Å². The molecule has 1 aromatic heterocycles. The average molecular weight is 223 g/mol. The molecule has 3 nitrogen and oxygen atoms in total. The maximum atomic E-state index is 13.4. The number of aromatic nitrogens is 3. The topological polar surface area (TPSA) is 30.7 Å². The van der Waals surface area contributed by atoms with E-state index in [1.54, 1.807) is 6.20 Å². The average Bonchev–Trinajstić information content (AvgIpc) is 2.66. The summed E-state index contributed by atoms with van der Waals surface area (Å²) < 4.78 is 27.4. The lowest BCUT2D eigenvalue weighted by Gasteiger charge is -2.01. The van der Waals surface area contributed by atoms with Gasteiger partial charge < -0.3 is 0 Å². The number of benzene rings is 1. The SMILES string of the molecule is CC(C)c1cn(-c2ccc(F)cc2F)nn1. The van der Waals surface area contributed by atoms with Crippen LogP contribution in [-0.2, 0) is 0 Å². The zero-order chi connectivity index (χ0) is 11.7. The molecule has 16 heavy (non-hydrogen) atoms. The Balaban J connectivity index is 2.42. The van der Waals surface area contributed by atoms with Crippen LogP contribution in [0.4, 0.5) is 8.78 Å². The van der Waals surface area contributed by atoms with Gasteiger partial charge in [0.25, 0.3) is 0 Å². The van der Waals surface area contributed by atoms with Crippen molar-refractivity contribution in [1.82, 2.24) is 15.0 Å². The molecule has 0 N–H and O–H groups in total. The second-order valence-electron chi connectivity index (χ2n) is 3.84. The minimum absolute atomic E-state index is 0.195. The molecule has 0 fully saturated rings. The molecule has 0 saturated heterocycles. The largest absolute Gasteiger partial charge is 0.217 e. The van der Waals surface area contributed by atoms with E-state index in [1.807, 2.05) is 13.8 Å². The molecule has 0 aliphatic rings. The number of rotatable bonds is 2. The van der Waals surface area contributed by atoms with E-state index in [4.69, 9.17) is 0 Å². The summed E-state index contributed by atoms with van der Waals surface area (Å²) in [6.07, 6.45) is 1.64. The molecule has 0 amide bonds. The van der Waals surface area contributed by atoms with Crippen LogP contribution in [0.15, 0.2) is 24.4 Å². The van der Waals surface area contributed by atoms with E-state index < -0.39 is 11.6 Å². The van der Waals surface area contributed by atoms with Crippen molar-refractivity contribution < 1.29 is 8.78 Å². The molecule has 0 atom stereocenters. The van der Waals surface area contributed by atoms with Crippen LogP contribution in [0, 0.1) is 11.6 Å². The van der Waals surface area contributed by atoms with Gasteiger partial charge in [-0.15, -0.1) is 5.10 Å². The number of hydrogen-bond acceptors (Lipinski definition) is 2. The van der Waals surface area contributed by atoms with E-state index in [9.17, 15) is 8.78 Å². The smallest absolute Gasteiger partial charge is 0.151 e. The van der Waals surface area contributed by atoms with Crippen molar-refractivity contribution in [1.29, 1.82) is 0 Å². The monoisotopic (exact) mass is 223 g/mol. The third-order valence-corrected chi connectivity index (χ3v) is 2.26. The molecule has 0 aliphatic heterocycles. The fraction of sp³-hybridized carbons (Fsp3) is 0.273. The number of nitrogens with zero attached hydrogens (tertiary/aromatic N) is 3. The third-order valence-electron chi connectivity index (χ3n) is 2.26. The van der Waals surface area contributed by atoms with Gasteiger partial charge in [-0.25, -0.2) is 13.5 Å². The number of halogens is 2. The standard InChI is InChI=1S/C11H11F2N3/c1-7(2)10-6-16(15-14-10)11-4-3-8(12)5-9(11)13/h3-7H,1-2H3. The molecule has 0 bridgehead atoms. The summed E-state index contributed by atoms with van der Waals surface area (Å²) >= 11 is 0. The highest BCUT2D eigenvalue weighted by Gasteiger charge is 2.10. The quantitative estimate of drug-likeness (QED) is 0.783. The molecule has 84 valence electrons. The van der Waals surface area contributed by atoms with Gasteiger partial charge in [0, 0.05) is 6.07 Å². The van der Waals surface area contributed by atoms with E-state index in [2.05, 4.69) is 10.3 Å². The summed E-state index contributed by atoms with van der Waals surface area (Å²) in [5, 5.41) is 7.71. The first-order valence-corrected chi connectivity index (χ1v) is 4.95. The predicted molar refractivity (Wildman–Crippen MR) is 55.4 cm³/mol. The summed E-state index contributed by atoms with van der Waals surface area (Å²) in [4.78, 5) is 0. The Labute approximate surface area is 91.7 Å². The highest BCUT2D eigenvalue weighted by molar-refractivity contribution is 5.32. The van der Waals surface area contributed by atoms with Crippen molar-refractivity contribution in [2.45, 2.75) is 19.8 Å². The highest BCUT2D eigenvalue weighted by atomic mass is 19.1. The minimum Gasteiger partial charge on any atom is -0.217 e. The Morgan fingerprint density at radius 1 is 1.25 bits per heavy atom. The first kappa shape index (κ1) is 10.7. The summed E-state index contributed by atoms with van der Waals surface area (Å²) in [7, 11) is 0. The first-order valence-electron chi connectivity index (χ1n) is 4.95. The van der Waals surface area contributed by atoms with Gasteiger partial charge in [0.05, 0.1) is 11.9 Å². The van der Waals surface area contributed by atoms with E-state index in [0.717, 1.165) is 11.8 Å². The fourth-order valence-electron chi connectivity index (χ4n) is 1.33. The zero-order valence-corrected chi connectivity index (χ0v) is 8.98. The Hall–Kier alpha value is -1.78. The van der Waals surface area contributed by atoms with Crippen LogP contribution in [0.5, 0.6) is 0 Å². The molecule has 2 aromatic rings. The van der Waals surface area contributed by atoms with Crippen LogP contribution in [0.3, 0.4) is 0 Å². The predicted octanol–water partition coefficient (Wildman–Crippen LogP) is 2.67. The summed E-state index contributed by atoms with van der Waals surface area (Å²) in [5.74, 6) is -1.04. The van der Waals surface area contributed by atoms with Crippen molar-refractivity contribution >= 4 is 0 Å². The minimum atomic E-state index is -0.653. The van der Waals surface area contributed by atoms with Crippen LogP contribution < -0.4 is 0 Å². The lowest BCUT2D eigenvalue weighted by Crippen LogP contribution is -1.99. The third kappa shape index (κ3) is 1.93.